The fraction of sp³-hybridized carbons (Fsp3) is 0.588. The molecule has 7 nitrogen and oxygen atoms in total. The number of carbonyl (C=O) groups excluding carboxylic acids is 1. The Hall–Kier alpha value is -1.57. The number of aromatic amines is 1. The van der Waals surface area contributed by atoms with Gasteiger partial charge in [-0.2, -0.15) is 0 Å². The Morgan fingerprint density at radius 1 is 1.38 bits per heavy atom. The maximum absolute atomic E-state index is 12.2. The van der Waals surface area contributed by atoms with Crippen LogP contribution in [0.3, 0.4) is 0 Å². The maximum Gasteiger partial charge on any atom is 0.276 e. The molecule has 3 rings (SSSR count). The number of hydrogen-bond donors (Lipinski definition) is 3. The van der Waals surface area contributed by atoms with Crippen LogP contribution in [-0.2, 0) is 18.3 Å². The number of hydrogen-bond acceptors (Lipinski definition) is 4. The molecule has 0 aromatic carbocycles. The number of rotatable bonds is 6. The highest BCUT2D eigenvalue weighted by atomic mass is 35.5. The molecular weight excluding hydrogens is 377 g/mol. The Morgan fingerprint density at radius 2 is 2.04 bits per heavy atom. The second-order valence-corrected chi connectivity index (χ2v) is 6.81. The largest absolute Gasteiger partial charge is 0.355 e. The summed E-state index contributed by atoms with van der Waals surface area (Å²) in [6.45, 7) is 4.37. The Balaban J connectivity index is 0.00000169. The van der Waals surface area contributed by atoms with Gasteiger partial charge < -0.3 is 11.1 Å². The summed E-state index contributed by atoms with van der Waals surface area (Å²) < 4.78 is 1.43. The number of amides is 1. The third kappa shape index (κ3) is 4.58. The molecule has 1 aliphatic rings. The van der Waals surface area contributed by atoms with Gasteiger partial charge in [0.25, 0.3) is 5.56 Å². The molecule has 0 bridgehead atoms. The molecule has 9 heteroatoms. The van der Waals surface area contributed by atoms with Crippen LogP contribution in [0.25, 0.3) is 11.0 Å². The maximum atomic E-state index is 12.2. The van der Waals surface area contributed by atoms with Crippen LogP contribution >= 0.6 is 24.8 Å². The van der Waals surface area contributed by atoms with Crippen molar-refractivity contribution in [2.75, 3.05) is 6.54 Å². The summed E-state index contributed by atoms with van der Waals surface area (Å²) >= 11 is 0. The van der Waals surface area contributed by atoms with Crippen molar-refractivity contribution < 1.29 is 4.79 Å². The summed E-state index contributed by atoms with van der Waals surface area (Å²) in [4.78, 5) is 28.7. The van der Waals surface area contributed by atoms with Crippen LogP contribution in [0.1, 0.15) is 36.1 Å². The number of nitrogens with zero attached hydrogens (tertiary/aromatic N) is 2. The van der Waals surface area contributed by atoms with E-state index in [1.807, 2.05) is 13.8 Å². The normalized spacial score (nSPS) is 14.5. The van der Waals surface area contributed by atoms with Gasteiger partial charge in [-0.05, 0) is 50.2 Å². The van der Waals surface area contributed by atoms with E-state index in [0.717, 1.165) is 16.8 Å². The van der Waals surface area contributed by atoms with Gasteiger partial charge in [-0.1, -0.05) is 0 Å². The molecule has 0 radical (unpaired) electrons. The Morgan fingerprint density at radius 3 is 2.65 bits per heavy atom. The van der Waals surface area contributed by atoms with Gasteiger partial charge in [0.05, 0.1) is 5.39 Å². The zero-order chi connectivity index (χ0) is 17.4. The summed E-state index contributed by atoms with van der Waals surface area (Å²) in [5.41, 5.74) is 9.24. The zero-order valence-electron chi connectivity index (χ0n) is 15.3. The predicted molar refractivity (Wildman–Crippen MR) is 107 cm³/mol. The fourth-order valence-corrected chi connectivity index (χ4v) is 3.23. The van der Waals surface area contributed by atoms with Gasteiger partial charge in [0, 0.05) is 31.7 Å². The second-order valence-electron chi connectivity index (χ2n) is 6.81. The second kappa shape index (κ2) is 8.88. The molecule has 2 aromatic heterocycles. The van der Waals surface area contributed by atoms with Crippen molar-refractivity contribution in [3.8, 4) is 0 Å². The Kier molecular flexibility index (Phi) is 7.68. The lowest BCUT2D eigenvalue weighted by molar-refractivity contribution is -0.121. The minimum absolute atomic E-state index is 0. The molecule has 146 valence electrons. The van der Waals surface area contributed by atoms with Crippen molar-refractivity contribution in [3.63, 3.8) is 0 Å². The first-order valence-electron chi connectivity index (χ1n) is 8.45. The van der Waals surface area contributed by atoms with Gasteiger partial charge in [-0.15, -0.1) is 24.8 Å². The Labute approximate surface area is 164 Å². The summed E-state index contributed by atoms with van der Waals surface area (Å²) in [5, 5.41) is 6.46. The quantitative estimate of drug-likeness (QED) is 0.679. The van der Waals surface area contributed by atoms with Crippen LogP contribution in [-0.4, -0.2) is 33.3 Å². The first-order chi connectivity index (χ1) is 11.4. The molecule has 1 unspecified atom stereocenters. The van der Waals surface area contributed by atoms with Crippen molar-refractivity contribution in [1.29, 1.82) is 0 Å². The van der Waals surface area contributed by atoms with Crippen LogP contribution in [0.5, 0.6) is 0 Å². The number of pyridine rings is 1. The summed E-state index contributed by atoms with van der Waals surface area (Å²) in [5.74, 6) is 0.568. The minimum Gasteiger partial charge on any atom is -0.355 e. The number of carbonyl (C=O) groups is 1. The molecule has 1 aliphatic carbocycles. The average molecular weight is 404 g/mol. The molecule has 26 heavy (non-hydrogen) atoms. The summed E-state index contributed by atoms with van der Waals surface area (Å²) in [6.07, 6.45) is 3.29. The van der Waals surface area contributed by atoms with E-state index in [4.69, 9.17) is 5.73 Å². The van der Waals surface area contributed by atoms with Crippen LogP contribution < -0.4 is 16.6 Å². The van der Waals surface area contributed by atoms with E-state index in [2.05, 4.69) is 15.4 Å². The number of H-pyrrole nitrogens is 1. The van der Waals surface area contributed by atoms with Crippen molar-refractivity contribution in [2.45, 2.75) is 45.6 Å². The van der Waals surface area contributed by atoms with E-state index in [-0.39, 0.29) is 42.3 Å². The molecule has 2 aromatic rings. The lowest BCUT2D eigenvalue weighted by Crippen LogP contribution is -2.38. The number of aryl methyl sites for hydroxylation is 3. The first kappa shape index (κ1) is 22.5. The number of nitrogens with two attached hydrogens (primary N) is 1. The molecule has 0 aliphatic heterocycles. The van der Waals surface area contributed by atoms with Gasteiger partial charge in [-0.25, -0.2) is 4.98 Å². The van der Waals surface area contributed by atoms with Crippen LogP contribution in [0.2, 0.25) is 0 Å². The highest BCUT2D eigenvalue weighted by molar-refractivity contribution is 5.85. The third-order valence-corrected chi connectivity index (χ3v) is 4.94. The molecule has 1 saturated carbocycles. The van der Waals surface area contributed by atoms with Gasteiger partial charge in [0.15, 0.2) is 5.65 Å². The number of aromatic nitrogens is 3. The molecular formula is C17H27Cl2N5O2. The van der Waals surface area contributed by atoms with Gasteiger partial charge in [0.1, 0.15) is 0 Å². The van der Waals surface area contributed by atoms with Gasteiger partial charge >= 0.3 is 0 Å². The lowest BCUT2D eigenvalue weighted by atomic mass is 10.00. The molecule has 2 heterocycles. The number of fused-ring (bicyclic) bond motifs is 1. The van der Waals surface area contributed by atoms with Crippen molar-refractivity contribution in [3.05, 3.63) is 27.2 Å². The van der Waals surface area contributed by atoms with Crippen molar-refractivity contribution >= 4 is 41.8 Å². The van der Waals surface area contributed by atoms with Crippen LogP contribution in [0, 0.1) is 19.8 Å². The van der Waals surface area contributed by atoms with Crippen molar-refractivity contribution in [2.24, 2.45) is 18.7 Å². The predicted octanol–water partition coefficient (Wildman–Crippen LogP) is 1.51. The van der Waals surface area contributed by atoms with Crippen LogP contribution in [0.15, 0.2) is 4.79 Å². The summed E-state index contributed by atoms with van der Waals surface area (Å²) in [7, 11) is 1.68. The van der Waals surface area contributed by atoms with E-state index in [1.165, 1.54) is 17.5 Å². The van der Waals surface area contributed by atoms with Crippen LogP contribution in [0.4, 0.5) is 0 Å². The van der Waals surface area contributed by atoms with Gasteiger partial charge in [-0.3, -0.25) is 19.4 Å². The standard InChI is InChI=1S/C17H25N5O2.2ClH/c1-9-12(6-7-14(23)19-8-13(18)11-4-5-11)10(2)20-16-15(9)17(24)22(3)21-16;;/h11,13H,4-8,18H2,1-3H3,(H,19,23)(H,20,21);2*1H. The van der Waals surface area contributed by atoms with E-state index < -0.39 is 0 Å². The van der Waals surface area contributed by atoms with E-state index >= 15 is 0 Å². The highest BCUT2D eigenvalue weighted by Crippen LogP contribution is 2.31. The smallest absolute Gasteiger partial charge is 0.276 e. The fourth-order valence-electron chi connectivity index (χ4n) is 3.23. The Bertz CT molecular complexity index is 842. The number of halogens is 2. The van der Waals surface area contributed by atoms with E-state index in [1.54, 1.807) is 7.05 Å². The van der Waals surface area contributed by atoms with Gasteiger partial charge in [0.2, 0.25) is 5.91 Å². The first-order valence-corrected chi connectivity index (χ1v) is 8.45. The topological polar surface area (TPSA) is 106 Å². The van der Waals surface area contributed by atoms with E-state index in [9.17, 15) is 9.59 Å². The molecule has 1 fully saturated rings. The monoisotopic (exact) mass is 403 g/mol. The molecule has 0 spiro atoms. The zero-order valence-corrected chi connectivity index (χ0v) is 16.9. The SMILES string of the molecule is Cc1nc2[nH]n(C)c(=O)c2c(C)c1CCC(=O)NCC(N)C1CC1.Cl.Cl. The molecule has 1 atom stereocenters. The molecule has 4 N–H and O–H groups in total. The van der Waals surface area contributed by atoms with Crippen molar-refractivity contribution in [1.82, 2.24) is 20.1 Å². The minimum atomic E-state index is -0.0869. The number of nitrogens with one attached hydrogen (secondary N) is 2. The van der Waals surface area contributed by atoms with E-state index in [0.29, 0.717) is 36.3 Å². The average Bonchev–Trinajstić information content (AvgIpc) is 3.32. The molecule has 0 saturated heterocycles. The highest BCUT2D eigenvalue weighted by Gasteiger charge is 2.28. The lowest BCUT2D eigenvalue weighted by Gasteiger charge is -2.13. The molecule has 1 amide bonds. The summed E-state index contributed by atoms with van der Waals surface area (Å²) in [6, 6.07) is 0.0679. The third-order valence-electron chi connectivity index (χ3n) is 4.94.